The van der Waals surface area contributed by atoms with Crippen LogP contribution in [0.4, 0.5) is 5.82 Å². The molecule has 2 aromatic heterocycles. The number of anilines is 1. The van der Waals surface area contributed by atoms with Crippen LogP contribution in [0.25, 0.3) is 0 Å². The molecule has 1 amide bonds. The lowest BCUT2D eigenvalue weighted by atomic mass is 10.1. The van der Waals surface area contributed by atoms with E-state index in [0.717, 1.165) is 19.4 Å². The van der Waals surface area contributed by atoms with E-state index in [0.29, 0.717) is 11.5 Å². The van der Waals surface area contributed by atoms with Gasteiger partial charge in [-0.25, -0.2) is 0 Å². The smallest absolute Gasteiger partial charge is 0.272 e. The van der Waals surface area contributed by atoms with Crippen molar-refractivity contribution in [1.82, 2.24) is 15.5 Å². The highest BCUT2D eigenvalue weighted by atomic mass is 32.1. The molecule has 2 N–H and O–H groups in total. The number of hydrogen-bond acceptors (Lipinski definition) is 5. The molecule has 2 heterocycles. The molecule has 0 aromatic carbocycles. The molecule has 0 fully saturated rings. The van der Waals surface area contributed by atoms with Crippen LogP contribution in [-0.2, 0) is 0 Å². The van der Waals surface area contributed by atoms with Gasteiger partial charge in [-0.1, -0.05) is 19.4 Å². The topological polar surface area (TPSA) is 66.9 Å². The van der Waals surface area contributed by atoms with Crippen LogP contribution in [-0.4, -0.2) is 22.6 Å². The second-order valence-corrected chi connectivity index (χ2v) is 5.64. The molecule has 0 spiro atoms. The maximum Gasteiger partial charge on any atom is 0.272 e. The number of nitrogens with one attached hydrogen (secondary N) is 2. The summed E-state index contributed by atoms with van der Waals surface area (Å²) < 4.78 is 0. The SMILES string of the molecule is CCCC(NC(=O)c1ccc(NCC)nn1)c1cccs1. The molecule has 2 rings (SSSR count). The van der Waals surface area contributed by atoms with Crippen LogP contribution in [0.5, 0.6) is 0 Å². The van der Waals surface area contributed by atoms with Crippen LogP contribution in [0.2, 0.25) is 0 Å². The molecule has 0 saturated carbocycles. The molecule has 0 radical (unpaired) electrons. The molecule has 2 aromatic rings. The summed E-state index contributed by atoms with van der Waals surface area (Å²) in [5, 5.41) is 16.1. The minimum atomic E-state index is -0.183. The van der Waals surface area contributed by atoms with Gasteiger partial charge in [0, 0.05) is 11.4 Å². The molecule has 0 aliphatic heterocycles. The van der Waals surface area contributed by atoms with Gasteiger partial charge in [0.15, 0.2) is 5.69 Å². The molecule has 1 atom stereocenters. The van der Waals surface area contributed by atoms with Crippen molar-refractivity contribution < 1.29 is 4.79 Å². The van der Waals surface area contributed by atoms with E-state index in [-0.39, 0.29) is 11.9 Å². The second kappa shape index (κ2) is 7.73. The molecule has 0 aliphatic rings. The van der Waals surface area contributed by atoms with Crippen molar-refractivity contribution in [1.29, 1.82) is 0 Å². The number of hydrogen-bond donors (Lipinski definition) is 2. The molecule has 112 valence electrons. The van der Waals surface area contributed by atoms with Gasteiger partial charge >= 0.3 is 0 Å². The third-order valence-corrected chi connectivity index (χ3v) is 4.01. The van der Waals surface area contributed by atoms with Gasteiger partial charge in [0.1, 0.15) is 5.82 Å². The number of aromatic nitrogens is 2. The summed E-state index contributed by atoms with van der Waals surface area (Å²) in [5.41, 5.74) is 0.342. The van der Waals surface area contributed by atoms with E-state index in [1.54, 1.807) is 23.5 Å². The van der Waals surface area contributed by atoms with Gasteiger partial charge in [-0.2, -0.15) is 0 Å². The van der Waals surface area contributed by atoms with Gasteiger partial charge in [-0.3, -0.25) is 4.79 Å². The Kier molecular flexibility index (Phi) is 5.68. The predicted octanol–water partition coefficient (Wildman–Crippen LogP) is 3.24. The number of thiophene rings is 1. The Bertz CT molecular complexity index is 554. The molecule has 0 aliphatic carbocycles. The summed E-state index contributed by atoms with van der Waals surface area (Å²) in [5.74, 6) is 0.495. The third kappa shape index (κ3) is 4.26. The van der Waals surface area contributed by atoms with E-state index in [1.165, 1.54) is 4.88 Å². The summed E-state index contributed by atoms with van der Waals surface area (Å²) in [6.45, 7) is 4.87. The van der Waals surface area contributed by atoms with E-state index >= 15 is 0 Å². The van der Waals surface area contributed by atoms with Crippen molar-refractivity contribution in [2.24, 2.45) is 0 Å². The highest BCUT2D eigenvalue weighted by Gasteiger charge is 2.17. The fourth-order valence-electron chi connectivity index (χ4n) is 2.02. The lowest BCUT2D eigenvalue weighted by Gasteiger charge is -2.16. The fourth-order valence-corrected chi connectivity index (χ4v) is 2.84. The molecule has 0 bridgehead atoms. The zero-order chi connectivity index (χ0) is 15.1. The fraction of sp³-hybridized carbons (Fsp3) is 0.400. The third-order valence-electron chi connectivity index (χ3n) is 3.02. The summed E-state index contributed by atoms with van der Waals surface area (Å²) in [4.78, 5) is 13.4. The number of nitrogens with zero attached hydrogens (tertiary/aromatic N) is 2. The first-order valence-corrected chi connectivity index (χ1v) is 8.04. The van der Waals surface area contributed by atoms with Crippen LogP contribution in [0, 0.1) is 0 Å². The summed E-state index contributed by atoms with van der Waals surface area (Å²) in [7, 11) is 0. The maximum absolute atomic E-state index is 12.3. The van der Waals surface area contributed by atoms with Gasteiger partial charge < -0.3 is 10.6 Å². The minimum absolute atomic E-state index is 0.0396. The number of rotatable bonds is 7. The highest BCUT2D eigenvalue weighted by molar-refractivity contribution is 7.10. The average Bonchev–Trinajstić information content (AvgIpc) is 3.02. The van der Waals surface area contributed by atoms with E-state index in [1.807, 2.05) is 24.4 Å². The van der Waals surface area contributed by atoms with Crippen molar-refractivity contribution >= 4 is 23.1 Å². The van der Waals surface area contributed by atoms with Gasteiger partial charge in [0.25, 0.3) is 5.91 Å². The van der Waals surface area contributed by atoms with Crippen LogP contribution in [0.1, 0.15) is 48.1 Å². The predicted molar refractivity (Wildman–Crippen MR) is 85.6 cm³/mol. The first-order chi connectivity index (χ1) is 10.2. The first-order valence-electron chi connectivity index (χ1n) is 7.16. The molecular weight excluding hydrogens is 284 g/mol. The molecule has 0 saturated heterocycles. The molecule has 5 nitrogen and oxygen atoms in total. The lowest BCUT2D eigenvalue weighted by molar-refractivity contribution is 0.0929. The molecule has 6 heteroatoms. The van der Waals surface area contributed by atoms with Crippen molar-refractivity contribution in [3.05, 3.63) is 40.2 Å². The Labute approximate surface area is 128 Å². The van der Waals surface area contributed by atoms with Gasteiger partial charge in [-0.05, 0) is 36.9 Å². The maximum atomic E-state index is 12.3. The second-order valence-electron chi connectivity index (χ2n) is 4.66. The summed E-state index contributed by atoms with van der Waals surface area (Å²) in [6.07, 6.45) is 1.92. The Morgan fingerprint density at radius 1 is 1.29 bits per heavy atom. The van der Waals surface area contributed by atoms with E-state index in [2.05, 4.69) is 27.8 Å². The molecule has 1 unspecified atom stereocenters. The van der Waals surface area contributed by atoms with Crippen molar-refractivity contribution in [2.45, 2.75) is 32.7 Å². The average molecular weight is 304 g/mol. The van der Waals surface area contributed by atoms with Crippen LogP contribution < -0.4 is 10.6 Å². The van der Waals surface area contributed by atoms with Crippen LogP contribution >= 0.6 is 11.3 Å². The summed E-state index contributed by atoms with van der Waals surface area (Å²) in [6, 6.07) is 7.55. The molecule has 21 heavy (non-hydrogen) atoms. The van der Waals surface area contributed by atoms with Gasteiger partial charge in [0.2, 0.25) is 0 Å². The monoisotopic (exact) mass is 304 g/mol. The Balaban J connectivity index is 2.04. The number of amides is 1. The summed E-state index contributed by atoms with van der Waals surface area (Å²) >= 11 is 1.66. The van der Waals surface area contributed by atoms with E-state index < -0.39 is 0 Å². The number of carbonyl (C=O) groups is 1. The van der Waals surface area contributed by atoms with Gasteiger partial charge in [-0.15, -0.1) is 21.5 Å². The van der Waals surface area contributed by atoms with Crippen LogP contribution in [0.3, 0.4) is 0 Å². The van der Waals surface area contributed by atoms with Crippen LogP contribution in [0.15, 0.2) is 29.6 Å². The standard InChI is InChI=1S/C15H20N4OS/c1-3-6-11(13-7-5-10-21-13)17-15(20)12-8-9-14(16-4-2)19-18-12/h5,7-11H,3-4,6H2,1-2H3,(H,16,19)(H,17,20). The van der Waals surface area contributed by atoms with E-state index in [4.69, 9.17) is 0 Å². The normalized spacial score (nSPS) is 11.9. The van der Waals surface area contributed by atoms with Crippen molar-refractivity contribution in [2.75, 3.05) is 11.9 Å². The van der Waals surface area contributed by atoms with Gasteiger partial charge in [0.05, 0.1) is 6.04 Å². The quantitative estimate of drug-likeness (QED) is 0.824. The Morgan fingerprint density at radius 2 is 2.14 bits per heavy atom. The Hall–Kier alpha value is -1.95. The Morgan fingerprint density at radius 3 is 2.71 bits per heavy atom. The zero-order valence-corrected chi connectivity index (χ0v) is 13.1. The first kappa shape index (κ1) is 15.4. The lowest BCUT2D eigenvalue weighted by Crippen LogP contribution is -2.29. The highest BCUT2D eigenvalue weighted by Crippen LogP contribution is 2.23. The minimum Gasteiger partial charge on any atom is -0.369 e. The van der Waals surface area contributed by atoms with Crippen molar-refractivity contribution in [3.8, 4) is 0 Å². The van der Waals surface area contributed by atoms with Crippen molar-refractivity contribution in [3.63, 3.8) is 0 Å². The zero-order valence-electron chi connectivity index (χ0n) is 12.3. The number of carbonyl (C=O) groups excluding carboxylic acids is 1. The molecular formula is C15H20N4OS. The largest absolute Gasteiger partial charge is 0.369 e. The van der Waals surface area contributed by atoms with E-state index in [9.17, 15) is 4.79 Å².